The summed E-state index contributed by atoms with van der Waals surface area (Å²) >= 11 is 0. The maximum Gasteiger partial charge on any atom is 0.345 e. The molecule has 1 saturated heterocycles. The molecule has 3 aromatic rings. The Hall–Kier alpha value is -2.77. The number of piperidine rings is 1. The molecule has 3 heterocycles. The number of aromatic hydroxyl groups is 1. The van der Waals surface area contributed by atoms with Gasteiger partial charge in [-0.1, -0.05) is 19.9 Å². The van der Waals surface area contributed by atoms with Crippen LogP contribution in [-0.4, -0.2) is 43.7 Å². The molecular weight excluding hydrogens is 430 g/mol. The number of carboxylic acids is 1. The fourth-order valence-electron chi connectivity index (χ4n) is 4.58. The molecule has 0 unspecified atom stereocenters. The Kier molecular flexibility index (Phi) is 7.00. The van der Waals surface area contributed by atoms with Crippen LogP contribution in [0.5, 0.6) is 5.75 Å². The number of nitrogens with zero attached hydrogens (tertiary/aromatic N) is 2. The van der Waals surface area contributed by atoms with E-state index in [1.807, 2.05) is 25.1 Å². The summed E-state index contributed by atoms with van der Waals surface area (Å²) in [6.07, 6.45) is 2.86. The first kappa shape index (κ1) is 23.9. The first-order valence-electron chi connectivity index (χ1n) is 10.8. The number of benzene rings is 1. The van der Waals surface area contributed by atoms with Crippen molar-refractivity contribution in [3.05, 3.63) is 51.4 Å². The second-order valence-corrected chi connectivity index (χ2v) is 8.62. The molecule has 8 heteroatoms. The van der Waals surface area contributed by atoms with Crippen molar-refractivity contribution < 1.29 is 15.0 Å². The number of fused-ring (bicyclic) bond motifs is 1. The Morgan fingerprint density at radius 3 is 2.53 bits per heavy atom. The van der Waals surface area contributed by atoms with Crippen LogP contribution in [0.25, 0.3) is 22.2 Å². The van der Waals surface area contributed by atoms with Gasteiger partial charge in [-0.3, -0.25) is 9.69 Å². The minimum Gasteiger partial charge on any atom is -0.506 e. The molecule has 7 nitrogen and oxygen atoms in total. The van der Waals surface area contributed by atoms with Gasteiger partial charge in [0.05, 0.1) is 5.69 Å². The summed E-state index contributed by atoms with van der Waals surface area (Å²) in [6.45, 7) is 7.26. The van der Waals surface area contributed by atoms with Crippen molar-refractivity contribution in [2.24, 2.45) is 13.0 Å². The van der Waals surface area contributed by atoms with Crippen LogP contribution in [0.2, 0.25) is 0 Å². The van der Waals surface area contributed by atoms with Crippen molar-refractivity contribution in [2.45, 2.75) is 39.7 Å². The number of hydrogen-bond donors (Lipinski definition) is 3. The number of halogens is 1. The van der Waals surface area contributed by atoms with Gasteiger partial charge >= 0.3 is 5.97 Å². The SMILES string of the molecule is CCc1c(-c2ccc3c(c2)cc(CN2CCC(C)CC2)n3C)[nH]c(=O)c(C(=O)O)c1O.Cl. The standard InChI is InChI=1S/C24H29N3O4.ClH/c1-4-18-21(25-23(29)20(22(18)28)24(30)31)15-5-6-19-16(11-15)12-17(26(19)3)13-27-9-7-14(2)8-10-27;/h5-6,11-12,14H,4,7-10,13H2,1-3H3,(H,30,31)(H2,25,28,29);1H. The van der Waals surface area contributed by atoms with Gasteiger partial charge in [-0.25, -0.2) is 4.79 Å². The molecule has 0 spiro atoms. The summed E-state index contributed by atoms with van der Waals surface area (Å²) < 4.78 is 2.20. The summed E-state index contributed by atoms with van der Waals surface area (Å²) in [5.74, 6) is -1.10. The van der Waals surface area contributed by atoms with E-state index in [0.717, 1.165) is 42.0 Å². The highest BCUT2D eigenvalue weighted by molar-refractivity contribution is 5.92. The maximum atomic E-state index is 12.3. The zero-order valence-electron chi connectivity index (χ0n) is 18.6. The number of aryl methyl sites for hydroxylation is 1. The maximum absolute atomic E-state index is 12.3. The van der Waals surface area contributed by atoms with Crippen LogP contribution < -0.4 is 5.56 Å². The number of rotatable bonds is 5. The highest BCUT2D eigenvalue weighted by Gasteiger charge is 2.22. The molecule has 0 bridgehead atoms. The smallest absolute Gasteiger partial charge is 0.345 e. The van der Waals surface area contributed by atoms with Gasteiger partial charge in [0.1, 0.15) is 5.75 Å². The van der Waals surface area contributed by atoms with Gasteiger partial charge in [-0.05, 0) is 62.0 Å². The fraction of sp³-hybridized carbons (Fsp3) is 0.417. The first-order valence-corrected chi connectivity index (χ1v) is 10.8. The minimum atomic E-state index is -1.43. The lowest BCUT2D eigenvalue weighted by Crippen LogP contribution is -2.32. The molecule has 0 amide bonds. The van der Waals surface area contributed by atoms with Gasteiger partial charge in [-0.15, -0.1) is 12.4 Å². The van der Waals surface area contributed by atoms with Crippen LogP contribution in [0, 0.1) is 5.92 Å². The number of nitrogens with one attached hydrogen (secondary N) is 1. The molecule has 0 radical (unpaired) electrons. The molecule has 1 aliphatic rings. The fourth-order valence-corrected chi connectivity index (χ4v) is 4.58. The third kappa shape index (κ3) is 4.27. The Balaban J connectivity index is 0.00000289. The number of pyridine rings is 1. The van der Waals surface area contributed by atoms with Crippen molar-refractivity contribution >= 4 is 29.3 Å². The van der Waals surface area contributed by atoms with Gasteiger partial charge < -0.3 is 19.8 Å². The Labute approximate surface area is 193 Å². The molecule has 0 saturated carbocycles. The summed E-state index contributed by atoms with van der Waals surface area (Å²) in [4.78, 5) is 28.8. The lowest BCUT2D eigenvalue weighted by Gasteiger charge is -2.30. The Morgan fingerprint density at radius 2 is 1.91 bits per heavy atom. The second-order valence-electron chi connectivity index (χ2n) is 8.62. The van der Waals surface area contributed by atoms with E-state index in [4.69, 9.17) is 0 Å². The number of carbonyl (C=O) groups is 1. The zero-order chi connectivity index (χ0) is 22.3. The first-order chi connectivity index (χ1) is 14.8. The second kappa shape index (κ2) is 9.38. The van der Waals surface area contributed by atoms with Crippen molar-refractivity contribution in [2.75, 3.05) is 13.1 Å². The van der Waals surface area contributed by atoms with Gasteiger partial charge in [0, 0.05) is 35.8 Å². The number of aromatic nitrogens is 2. The van der Waals surface area contributed by atoms with Crippen LogP contribution in [0.4, 0.5) is 0 Å². The van der Waals surface area contributed by atoms with Crippen LogP contribution >= 0.6 is 12.4 Å². The average Bonchev–Trinajstić information content (AvgIpc) is 3.03. The number of carboxylic acid groups (broad SMARTS) is 1. The van der Waals surface area contributed by atoms with E-state index in [1.165, 1.54) is 18.5 Å². The quantitative estimate of drug-likeness (QED) is 0.532. The summed E-state index contributed by atoms with van der Waals surface area (Å²) in [5, 5.41) is 20.7. The van der Waals surface area contributed by atoms with E-state index in [1.54, 1.807) is 0 Å². The molecule has 0 atom stereocenters. The van der Waals surface area contributed by atoms with Gasteiger partial charge in [0.25, 0.3) is 5.56 Å². The molecule has 1 aliphatic heterocycles. The Bertz CT molecular complexity index is 1210. The largest absolute Gasteiger partial charge is 0.506 e. The highest BCUT2D eigenvalue weighted by Crippen LogP contribution is 2.32. The molecule has 172 valence electrons. The zero-order valence-corrected chi connectivity index (χ0v) is 19.5. The number of aromatic amines is 1. The van der Waals surface area contributed by atoms with Crippen LogP contribution in [0.15, 0.2) is 29.1 Å². The molecule has 2 aromatic heterocycles. The predicted molar refractivity (Wildman–Crippen MR) is 128 cm³/mol. The third-order valence-corrected chi connectivity index (χ3v) is 6.55. The van der Waals surface area contributed by atoms with Crippen molar-refractivity contribution in [3.63, 3.8) is 0 Å². The number of hydrogen-bond acceptors (Lipinski definition) is 4. The summed E-state index contributed by atoms with van der Waals surface area (Å²) in [6, 6.07) is 8.07. The normalized spacial score (nSPS) is 15.1. The highest BCUT2D eigenvalue weighted by atomic mass is 35.5. The molecule has 1 aromatic carbocycles. The van der Waals surface area contributed by atoms with Crippen molar-refractivity contribution in [3.8, 4) is 17.0 Å². The lowest BCUT2D eigenvalue weighted by atomic mass is 9.99. The summed E-state index contributed by atoms with van der Waals surface area (Å²) in [5.41, 5.74) is 2.55. The molecule has 4 rings (SSSR count). The van der Waals surface area contributed by atoms with E-state index in [2.05, 4.69) is 34.5 Å². The number of aromatic carboxylic acids is 1. The van der Waals surface area contributed by atoms with Crippen LogP contribution in [0.1, 0.15) is 48.3 Å². The topological polar surface area (TPSA) is 98.6 Å². The van der Waals surface area contributed by atoms with Gasteiger partial charge in [0.2, 0.25) is 0 Å². The van der Waals surface area contributed by atoms with Gasteiger partial charge in [-0.2, -0.15) is 0 Å². The average molecular weight is 460 g/mol. The summed E-state index contributed by atoms with van der Waals surface area (Å²) in [7, 11) is 2.07. The number of likely N-dealkylation sites (tertiary alicyclic amines) is 1. The van der Waals surface area contributed by atoms with E-state index in [9.17, 15) is 19.8 Å². The van der Waals surface area contributed by atoms with E-state index < -0.39 is 22.8 Å². The molecule has 1 fully saturated rings. The third-order valence-electron chi connectivity index (χ3n) is 6.55. The molecule has 32 heavy (non-hydrogen) atoms. The van der Waals surface area contributed by atoms with E-state index >= 15 is 0 Å². The van der Waals surface area contributed by atoms with Crippen molar-refractivity contribution in [1.82, 2.24) is 14.5 Å². The molecular formula is C24H30ClN3O4. The molecule has 0 aliphatic carbocycles. The van der Waals surface area contributed by atoms with Crippen LogP contribution in [0.3, 0.4) is 0 Å². The monoisotopic (exact) mass is 459 g/mol. The predicted octanol–water partition coefficient (Wildman–Crippen LogP) is 4.15. The van der Waals surface area contributed by atoms with E-state index in [0.29, 0.717) is 17.7 Å². The van der Waals surface area contributed by atoms with E-state index in [-0.39, 0.29) is 12.4 Å². The Morgan fingerprint density at radius 1 is 1.22 bits per heavy atom. The van der Waals surface area contributed by atoms with Crippen molar-refractivity contribution in [1.29, 1.82) is 0 Å². The van der Waals surface area contributed by atoms with Crippen LogP contribution in [-0.2, 0) is 20.0 Å². The minimum absolute atomic E-state index is 0. The van der Waals surface area contributed by atoms with Gasteiger partial charge in [0.15, 0.2) is 5.56 Å². The molecule has 3 N–H and O–H groups in total. The lowest BCUT2D eigenvalue weighted by molar-refractivity contribution is 0.0691. The number of H-pyrrole nitrogens is 1.